The van der Waals surface area contributed by atoms with Crippen LogP contribution in [0.25, 0.3) is 0 Å². The van der Waals surface area contributed by atoms with E-state index >= 15 is 0 Å². The third-order valence-corrected chi connectivity index (χ3v) is 3.22. The van der Waals surface area contributed by atoms with Crippen molar-refractivity contribution in [2.75, 3.05) is 5.43 Å². The zero-order chi connectivity index (χ0) is 15.5. The molecule has 0 radical (unpaired) electrons. The average molecular weight is 313 g/mol. The SMILES string of the molecule is Cc1ccc(NN=Cc2ccc(C(F)(F)F)cc2)cc1Cl. The van der Waals surface area contributed by atoms with Gasteiger partial charge in [-0.1, -0.05) is 29.8 Å². The van der Waals surface area contributed by atoms with E-state index in [0.29, 0.717) is 16.3 Å². The zero-order valence-corrected chi connectivity index (χ0v) is 11.8. The maximum absolute atomic E-state index is 12.4. The topological polar surface area (TPSA) is 24.4 Å². The minimum Gasteiger partial charge on any atom is -0.278 e. The third-order valence-electron chi connectivity index (χ3n) is 2.82. The lowest BCUT2D eigenvalue weighted by atomic mass is 10.1. The van der Waals surface area contributed by atoms with Gasteiger partial charge >= 0.3 is 6.18 Å². The Balaban J connectivity index is 2.02. The molecule has 0 atom stereocenters. The summed E-state index contributed by atoms with van der Waals surface area (Å²) in [5.41, 5.74) is 4.31. The number of alkyl halides is 3. The second-order valence-corrected chi connectivity index (χ2v) is 4.86. The molecule has 2 aromatic rings. The van der Waals surface area contributed by atoms with Crippen molar-refractivity contribution in [3.8, 4) is 0 Å². The molecule has 1 N–H and O–H groups in total. The Morgan fingerprint density at radius 2 is 1.76 bits per heavy atom. The molecule has 0 bridgehead atoms. The van der Waals surface area contributed by atoms with Gasteiger partial charge in [-0.3, -0.25) is 5.43 Å². The van der Waals surface area contributed by atoms with Crippen molar-refractivity contribution in [1.29, 1.82) is 0 Å². The molecule has 0 spiro atoms. The molecule has 0 aliphatic carbocycles. The van der Waals surface area contributed by atoms with Gasteiger partial charge in [-0.2, -0.15) is 18.3 Å². The van der Waals surface area contributed by atoms with E-state index < -0.39 is 11.7 Å². The molecular weight excluding hydrogens is 301 g/mol. The van der Waals surface area contributed by atoms with Crippen LogP contribution in [0.4, 0.5) is 18.9 Å². The van der Waals surface area contributed by atoms with Crippen LogP contribution in [0.15, 0.2) is 47.6 Å². The quantitative estimate of drug-likeness (QED) is 0.618. The Kier molecular flexibility index (Phi) is 4.53. The average Bonchev–Trinajstić information content (AvgIpc) is 2.42. The lowest BCUT2D eigenvalue weighted by Gasteiger charge is -2.06. The minimum atomic E-state index is -4.33. The number of nitrogens with zero attached hydrogens (tertiary/aromatic N) is 1. The molecule has 0 amide bonds. The second-order valence-electron chi connectivity index (χ2n) is 4.45. The molecular formula is C15H12ClF3N2. The highest BCUT2D eigenvalue weighted by molar-refractivity contribution is 6.31. The van der Waals surface area contributed by atoms with Gasteiger partial charge in [-0.15, -0.1) is 0 Å². The molecule has 0 aliphatic rings. The summed E-state index contributed by atoms with van der Waals surface area (Å²) in [4.78, 5) is 0. The normalized spacial score (nSPS) is 11.9. The van der Waals surface area contributed by atoms with Gasteiger partial charge in [0, 0.05) is 5.02 Å². The molecule has 0 aliphatic heterocycles. The van der Waals surface area contributed by atoms with Crippen LogP contribution in [-0.2, 0) is 6.18 Å². The number of anilines is 1. The van der Waals surface area contributed by atoms with E-state index in [1.54, 1.807) is 6.07 Å². The van der Waals surface area contributed by atoms with Crippen molar-refractivity contribution in [3.05, 3.63) is 64.2 Å². The first kappa shape index (κ1) is 15.4. The van der Waals surface area contributed by atoms with Gasteiger partial charge in [0.05, 0.1) is 17.5 Å². The molecule has 0 unspecified atom stereocenters. The predicted octanol–water partition coefficient (Wildman–Crippen LogP) is 5.11. The first-order chi connectivity index (χ1) is 9.86. The summed E-state index contributed by atoms with van der Waals surface area (Å²) < 4.78 is 37.2. The number of aryl methyl sites for hydroxylation is 1. The van der Waals surface area contributed by atoms with E-state index in [-0.39, 0.29) is 0 Å². The van der Waals surface area contributed by atoms with E-state index in [2.05, 4.69) is 10.5 Å². The smallest absolute Gasteiger partial charge is 0.278 e. The van der Waals surface area contributed by atoms with Crippen LogP contribution in [-0.4, -0.2) is 6.21 Å². The van der Waals surface area contributed by atoms with Crippen LogP contribution in [0.5, 0.6) is 0 Å². The van der Waals surface area contributed by atoms with Crippen LogP contribution in [0.2, 0.25) is 5.02 Å². The number of hydrazone groups is 1. The highest BCUT2D eigenvalue weighted by Crippen LogP contribution is 2.28. The van der Waals surface area contributed by atoms with Gasteiger partial charge in [0.1, 0.15) is 0 Å². The second kappa shape index (κ2) is 6.18. The van der Waals surface area contributed by atoms with Crippen molar-refractivity contribution >= 4 is 23.5 Å². The predicted molar refractivity (Wildman–Crippen MR) is 78.8 cm³/mol. The molecule has 6 heteroatoms. The molecule has 0 saturated heterocycles. The van der Waals surface area contributed by atoms with E-state index in [1.807, 2.05) is 19.1 Å². The number of rotatable bonds is 3. The van der Waals surface area contributed by atoms with Crippen molar-refractivity contribution < 1.29 is 13.2 Å². The standard InChI is InChI=1S/C15H12ClF3N2/c1-10-2-7-13(8-14(10)16)21-20-9-11-3-5-12(6-4-11)15(17,18)19/h2-9,21H,1H3. The summed E-state index contributed by atoms with van der Waals surface area (Å²) in [6, 6.07) is 10.1. The number of hydrogen-bond acceptors (Lipinski definition) is 2. The van der Waals surface area contributed by atoms with Gasteiger partial charge in [-0.25, -0.2) is 0 Å². The molecule has 21 heavy (non-hydrogen) atoms. The summed E-state index contributed by atoms with van der Waals surface area (Å²) in [5, 5.41) is 4.58. The van der Waals surface area contributed by atoms with E-state index in [9.17, 15) is 13.2 Å². The molecule has 2 aromatic carbocycles. The summed E-state index contributed by atoms with van der Waals surface area (Å²) in [6.45, 7) is 1.89. The van der Waals surface area contributed by atoms with Crippen LogP contribution in [0, 0.1) is 6.92 Å². The number of hydrogen-bond donors (Lipinski definition) is 1. The van der Waals surface area contributed by atoms with E-state index in [0.717, 1.165) is 17.7 Å². The lowest BCUT2D eigenvalue weighted by Crippen LogP contribution is -2.04. The lowest BCUT2D eigenvalue weighted by molar-refractivity contribution is -0.137. The first-order valence-electron chi connectivity index (χ1n) is 6.09. The maximum atomic E-state index is 12.4. The van der Waals surface area contributed by atoms with Gasteiger partial charge in [0.25, 0.3) is 0 Å². The Labute approximate surface area is 125 Å². The monoisotopic (exact) mass is 312 g/mol. The van der Waals surface area contributed by atoms with E-state index in [1.165, 1.54) is 18.3 Å². The minimum absolute atomic E-state index is 0.564. The Morgan fingerprint density at radius 1 is 1.10 bits per heavy atom. The van der Waals surface area contributed by atoms with E-state index in [4.69, 9.17) is 11.6 Å². The van der Waals surface area contributed by atoms with Crippen molar-refractivity contribution in [2.24, 2.45) is 5.10 Å². The summed E-state index contributed by atoms with van der Waals surface area (Å²) in [6.07, 6.45) is -2.89. The summed E-state index contributed by atoms with van der Waals surface area (Å²) in [5.74, 6) is 0. The number of nitrogens with one attached hydrogen (secondary N) is 1. The highest BCUT2D eigenvalue weighted by Gasteiger charge is 2.29. The van der Waals surface area contributed by atoms with Gasteiger partial charge in [0.15, 0.2) is 0 Å². The molecule has 0 aromatic heterocycles. The summed E-state index contributed by atoms with van der Waals surface area (Å²) in [7, 11) is 0. The molecule has 0 heterocycles. The first-order valence-corrected chi connectivity index (χ1v) is 6.46. The zero-order valence-electron chi connectivity index (χ0n) is 11.1. The molecule has 110 valence electrons. The third kappa shape index (κ3) is 4.23. The number of benzene rings is 2. The van der Waals surface area contributed by atoms with Crippen LogP contribution in [0.1, 0.15) is 16.7 Å². The Bertz CT molecular complexity index is 649. The van der Waals surface area contributed by atoms with Crippen molar-refractivity contribution in [1.82, 2.24) is 0 Å². The Hall–Kier alpha value is -2.01. The molecule has 0 saturated carbocycles. The van der Waals surface area contributed by atoms with Gasteiger partial charge in [-0.05, 0) is 42.3 Å². The molecule has 2 nitrogen and oxygen atoms in total. The fourth-order valence-corrected chi connectivity index (χ4v) is 1.78. The van der Waals surface area contributed by atoms with Crippen LogP contribution < -0.4 is 5.43 Å². The molecule has 2 rings (SSSR count). The van der Waals surface area contributed by atoms with Crippen LogP contribution >= 0.6 is 11.6 Å². The number of halogens is 4. The van der Waals surface area contributed by atoms with Gasteiger partial charge < -0.3 is 0 Å². The van der Waals surface area contributed by atoms with Crippen molar-refractivity contribution in [2.45, 2.75) is 13.1 Å². The Morgan fingerprint density at radius 3 is 2.33 bits per heavy atom. The fourth-order valence-electron chi connectivity index (χ4n) is 1.60. The van der Waals surface area contributed by atoms with Crippen molar-refractivity contribution in [3.63, 3.8) is 0 Å². The summed E-state index contributed by atoms with van der Waals surface area (Å²) >= 11 is 5.97. The highest BCUT2D eigenvalue weighted by atomic mass is 35.5. The van der Waals surface area contributed by atoms with Gasteiger partial charge in [0.2, 0.25) is 0 Å². The fraction of sp³-hybridized carbons (Fsp3) is 0.133. The maximum Gasteiger partial charge on any atom is 0.416 e. The molecule has 0 fully saturated rings. The van der Waals surface area contributed by atoms with Crippen LogP contribution in [0.3, 0.4) is 0 Å². The largest absolute Gasteiger partial charge is 0.416 e.